The molecule has 5 rings (SSSR count). The van der Waals surface area contributed by atoms with Gasteiger partial charge >= 0.3 is 0 Å². The highest BCUT2D eigenvalue weighted by atomic mass is 16.3. The standard InChI is InChI=1S/C25H24N4O3/c1-15(30)21-8-6-17-13-20(7-9-22(17)27-21)25(23(31)29(2)24(26)28-25)19-5-3-4-16(12-19)18-10-11-32-14-18/h3-5,7,9-14,21,27H,6,8H2,1-2H3,(H2,26,28). The number of fused-ring (bicyclic) bond motifs is 1. The maximum absolute atomic E-state index is 13.6. The number of aliphatic imine (C=N–C) groups is 1. The van der Waals surface area contributed by atoms with Crippen molar-refractivity contribution in [2.75, 3.05) is 12.4 Å². The molecular formula is C25H24N4O3. The van der Waals surface area contributed by atoms with E-state index in [1.54, 1.807) is 26.5 Å². The molecule has 3 N–H and O–H groups in total. The highest BCUT2D eigenvalue weighted by Gasteiger charge is 2.49. The highest BCUT2D eigenvalue weighted by Crippen LogP contribution is 2.42. The number of likely N-dealkylation sites (N-methyl/N-ethyl adjacent to an activating group) is 1. The van der Waals surface area contributed by atoms with E-state index >= 15 is 0 Å². The van der Waals surface area contributed by atoms with E-state index in [4.69, 9.17) is 15.1 Å². The van der Waals surface area contributed by atoms with Gasteiger partial charge in [0.25, 0.3) is 5.91 Å². The summed E-state index contributed by atoms with van der Waals surface area (Å²) in [6, 6.07) is 15.3. The molecule has 0 fully saturated rings. The van der Waals surface area contributed by atoms with Gasteiger partial charge in [-0.05, 0) is 60.2 Å². The first-order chi connectivity index (χ1) is 15.4. The summed E-state index contributed by atoms with van der Waals surface area (Å²) in [5.41, 5.74) is 10.2. The summed E-state index contributed by atoms with van der Waals surface area (Å²) >= 11 is 0. The molecule has 2 aromatic carbocycles. The van der Waals surface area contributed by atoms with Crippen molar-refractivity contribution in [1.29, 1.82) is 0 Å². The van der Waals surface area contributed by atoms with Crippen LogP contribution >= 0.6 is 0 Å². The second kappa shape index (κ2) is 7.37. The van der Waals surface area contributed by atoms with Gasteiger partial charge in [-0.25, -0.2) is 4.99 Å². The zero-order valence-electron chi connectivity index (χ0n) is 18.0. The van der Waals surface area contributed by atoms with E-state index in [2.05, 4.69) is 5.32 Å². The van der Waals surface area contributed by atoms with E-state index in [1.165, 1.54) is 4.90 Å². The Morgan fingerprint density at radius 1 is 1.19 bits per heavy atom. The van der Waals surface area contributed by atoms with Gasteiger partial charge in [0.1, 0.15) is 0 Å². The van der Waals surface area contributed by atoms with Gasteiger partial charge in [-0.3, -0.25) is 14.5 Å². The number of hydrogen-bond acceptors (Lipinski definition) is 6. The molecule has 2 atom stereocenters. The second-order valence-corrected chi connectivity index (χ2v) is 8.36. The van der Waals surface area contributed by atoms with E-state index in [1.807, 2.05) is 48.5 Å². The first kappa shape index (κ1) is 20.1. The lowest BCUT2D eigenvalue weighted by Crippen LogP contribution is -2.41. The molecular weight excluding hydrogens is 404 g/mol. The zero-order valence-corrected chi connectivity index (χ0v) is 18.0. The molecule has 162 valence electrons. The highest BCUT2D eigenvalue weighted by molar-refractivity contribution is 6.09. The summed E-state index contributed by atoms with van der Waals surface area (Å²) < 4.78 is 5.23. The number of benzene rings is 2. The SMILES string of the molecule is CC(=O)C1CCc2cc(C3(c4cccc(-c5ccoc5)c4)N=C(N)N(C)C3=O)ccc2N1. The summed E-state index contributed by atoms with van der Waals surface area (Å²) in [6.45, 7) is 1.60. The van der Waals surface area contributed by atoms with Crippen molar-refractivity contribution in [2.24, 2.45) is 10.7 Å². The van der Waals surface area contributed by atoms with Gasteiger partial charge in [-0.15, -0.1) is 0 Å². The van der Waals surface area contributed by atoms with Crippen LogP contribution < -0.4 is 11.1 Å². The molecule has 2 aliphatic rings. The Bertz CT molecular complexity index is 1250. The third kappa shape index (κ3) is 3.00. The van der Waals surface area contributed by atoms with Gasteiger partial charge in [0.15, 0.2) is 17.3 Å². The average Bonchev–Trinajstić information content (AvgIpc) is 3.42. The number of ketones is 1. The molecule has 0 bridgehead atoms. The van der Waals surface area contributed by atoms with E-state index in [9.17, 15) is 9.59 Å². The minimum Gasteiger partial charge on any atom is -0.472 e. The van der Waals surface area contributed by atoms with Gasteiger partial charge in [-0.2, -0.15) is 0 Å². The van der Waals surface area contributed by atoms with Crippen LogP contribution in [0.15, 0.2) is 70.5 Å². The molecule has 0 spiro atoms. The molecule has 0 aliphatic carbocycles. The summed E-state index contributed by atoms with van der Waals surface area (Å²) in [5, 5.41) is 3.31. The van der Waals surface area contributed by atoms with Crippen LogP contribution in [-0.4, -0.2) is 35.6 Å². The van der Waals surface area contributed by atoms with Gasteiger partial charge in [0, 0.05) is 18.3 Å². The fraction of sp³-hybridized carbons (Fsp3) is 0.240. The van der Waals surface area contributed by atoms with Crippen molar-refractivity contribution in [3.8, 4) is 11.1 Å². The largest absolute Gasteiger partial charge is 0.472 e. The molecule has 2 unspecified atom stereocenters. The molecule has 3 aromatic rings. The molecule has 7 heteroatoms. The van der Waals surface area contributed by atoms with Crippen LogP contribution in [0.4, 0.5) is 5.69 Å². The monoisotopic (exact) mass is 428 g/mol. The van der Waals surface area contributed by atoms with Crippen molar-refractivity contribution in [1.82, 2.24) is 4.90 Å². The van der Waals surface area contributed by atoms with Crippen LogP contribution in [0.1, 0.15) is 30.0 Å². The fourth-order valence-electron chi connectivity index (χ4n) is 4.57. The Kier molecular flexibility index (Phi) is 4.62. The maximum Gasteiger partial charge on any atom is 0.266 e. The summed E-state index contributed by atoms with van der Waals surface area (Å²) in [5.74, 6) is 0.0955. The number of furan rings is 1. The number of anilines is 1. The van der Waals surface area contributed by atoms with Crippen molar-refractivity contribution in [3.63, 3.8) is 0 Å². The lowest BCUT2D eigenvalue weighted by molar-refractivity contribution is -0.129. The lowest BCUT2D eigenvalue weighted by atomic mass is 9.80. The van der Waals surface area contributed by atoms with Crippen LogP contribution in [-0.2, 0) is 21.5 Å². The number of guanidine groups is 1. The molecule has 3 heterocycles. The first-order valence-corrected chi connectivity index (χ1v) is 10.6. The minimum atomic E-state index is -1.27. The molecule has 1 amide bonds. The number of hydrogen-bond donors (Lipinski definition) is 2. The van der Waals surface area contributed by atoms with E-state index in [0.717, 1.165) is 39.9 Å². The molecule has 1 aromatic heterocycles. The number of rotatable bonds is 4. The molecule has 2 aliphatic heterocycles. The van der Waals surface area contributed by atoms with Crippen LogP contribution in [0.3, 0.4) is 0 Å². The summed E-state index contributed by atoms with van der Waals surface area (Å²) in [4.78, 5) is 31.5. The van der Waals surface area contributed by atoms with E-state index < -0.39 is 5.54 Å². The average molecular weight is 428 g/mol. The normalized spacial score (nSPS) is 22.3. The van der Waals surface area contributed by atoms with Gasteiger partial charge in [-0.1, -0.05) is 30.3 Å². The molecule has 0 saturated heterocycles. The third-order valence-electron chi connectivity index (χ3n) is 6.42. The Morgan fingerprint density at radius 3 is 2.69 bits per heavy atom. The quantitative estimate of drug-likeness (QED) is 0.664. The van der Waals surface area contributed by atoms with Crippen molar-refractivity contribution >= 4 is 23.3 Å². The van der Waals surface area contributed by atoms with Crippen LogP contribution in [0.2, 0.25) is 0 Å². The van der Waals surface area contributed by atoms with E-state index in [-0.39, 0.29) is 23.7 Å². The first-order valence-electron chi connectivity index (χ1n) is 10.6. The Balaban J connectivity index is 1.65. The predicted octanol–water partition coefficient (Wildman–Crippen LogP) is 3.29. The number of Topliss-reactive ketones (excluding diaryl/α,β-unsaturated/α-hetero) is 1. The number of amides is 1. The van der Waals surface area contributed by atoms with Gasteiger partial charge in [0.05, 0.1) is 18.6 Å². The number of nitrogens with one attached hydrogen (secondary N) is 1. The zero-order chi connectivity index (χ0) is 22.5. The molecule has 7 nitrogen and oxygen atoms in total. The van der Waals surface area contributed by atoms with Crippen LogP contribution in [0.5, 0.6) is 0 Å². The van der Waals surface area contributed by atoms with Crippen molar-refractivity contribution in [3.05, 3.63) is 77.7 Å². The summed E-state index contributed by atoms with van der Waals surface area (Å²) in [7, 11) is 1.64. The number of carbonyl (C=O) groups is 2. The van der Waals surface area contributed by atoms with Crippen molar-refractivity contribution < 1.29 is 14.0 Å². The third-order valence-corrected chi connectivity index (χ3v) is 6.42. The van der Waals surface area contributed by atoms with E-state index in [0.29, 0.717) is 6.42 Å². The Morgan fingerprint density at radius 2 is 2.00 bits per heavy atom. The minimum absolute atomic E-state index is 0.122. The molecule has 32 heavy (non-hydrogen) atoms. The Hall–Kier alpha value is -3.87. The smallest absolute Gasteiger partial charge is 0.266 e. The van der Waals surface area contributed by atoms with Gasteiger partial charge in [0.2, 0.25) is 0 Å². The second-order valence-electron chi connectivity index (χ2n) is 8.36. The van der Waals surface area contributed by atoms with Crippen molar-refractivity contribution in [2.45, 2.75) is 31.3 Å². The Labute approximate surface area is 185 Å². The summed E-state index contributed by atoms with van der Waals surface area (Å²) in [6.07, 6.45) is 4.75. The molecule has 0 saturated carbocycles. The number of nitrogens with zero attached hydrogens (tertiary/aromatic N) is 2. The maximum atomic E-state index is 13.6. The van der Waals surface area contributed by atoms with Crippen LogP contribution in [0, 0.1) is 0 Å². The number of carbonyl (C=O) groups excluding carboxylic acids is 2. The fourth-order valence-corrected chi connectivity index (χ4v) is 4.57. The lowest BCUT2D eigenvalue weighted by Gasteiger charge is -2.30. The topological polar surface area (TPSA) is 101 Å². The predicted molar refractivity (Wildman–Crippen MR) is 122 cm³/mol. The number of aryl methyl sites for hydroxylation is 1. The molecule has 0 radical (unpaired) electrons. The van der Waals surface area contributed by atoms with Gasteiger partial charge < -0.3 is 15.5 Å². The number of nitrogens with two attached hydrogens (primary N) is 1. The van der Waals surface area contributed by atoms with Crippen LogP contribution in [0.25, 0.3) is 11.1 Å².